The van der Waals surface area contributed by atoms with Crippen molar-refractivity contribution >= 4 is 23.0 Å². The number of anilines is 1. The number of ether oxygens (including phenoxy) is 1. The molecule has 0 aliphatic rings. The molecule has 0 fully saturated rings. The molecule has 0 aliphatic carbocycles. The zero-order valence-electron chi connectivity index (χ0n) is 9.64. The van der Waals surface area contributed by atoms with E-state index in [-0.39, 0.29) is 5.69 Å². The van der Waals surface area contributed by atoms with Gasteiger partial charge in [0.2, 0.25) is 0 Å². The second-order valence-corrected chi connectivity index (χ2v) is 4.44. The first-order valence-electron chi connectivity index (χ1n) is 5.21. The van der Waals surface area contributed by atoms with Crippen LogP contribution in [0.4, 0.5) is 10.1 Å². The van der Waals surface area contributed by atoms with Crippen LogP contribution in [-0.2, 0) is 11.3 Å². The summed E-state index contributed by atoms with van der Waals surface area (Å²) in [6.07, 6.45) is 1.68. The topological polar surface area (TPSA) is 51.2 Å². The maximum atomic E-state index is 13.5. The molecule has 1 heterocycles. The van der Waals surface area contributed by atoms with Crippen molar-refractivity contribution in [1.82, 2.24) is 4.98 Å². The van der Waals surface area contributed by atoms with E-state index < -0.39 is 11.8 Å². The Bertz CT molecular complexity index is 543. The van der Waals surface area contributed by atoms with Crippen LogP contribution in [0.1, 0.15) is 15.4 Å². The van der Waals surface area contributed by atoms with Gasteiger partial charge in [0, 0.05) is 11.6 Å². The van der Waals surface area contributed by atoms with Crippen LogP contribution in [0, 0.1) is 5.82 Å². The number of methoxy groups -OCH3 is 1. The van der Waals surface area contributed by atoms with Gasteiger partial charge in [-0.05, 0) is 18.2 Å². The molecule has 6 heteroatoms. The Morgan fingerprint density at radius 1 is 1.56 bits per heavy atom. The SMILES string of the molecule is COC(=O)c1ccc(F)c(NCc2nccs2)c1. The van der Waals surface area contributed by atoms with E-state index in [0.29, 0.717) is 12.1 Å². The monoisotopic (exact) mass is 266 g/mol. The molecule has 0 atom stereocenters. The molecule has 0 amide bonds. The zero-order chi connectivity index (χ0) is 13.0. The summed E-state index contributed by atoms with van der Waals surface area (Å²) in [6, 6.07) is 4.04. The molecular formula is C12H11FN2O2S. The van der Waals surface area contributed by atoms with Crippen molar-refractivity contribution in [3.63, 3.8) is 0 Å². The Balaban J connectivity index is 2.13. The Hall–Kier alpha value is -1.95. The van der Waals surface area contributed by atoms with E-state index in [2.05, 4.69) is 15.0 Å². The van der Waals surface area contributed by atoms with Gasteiger partial charge < -0.3 is 10.1 Å². The molecule has 1 aromatic heterocycles. The van der Waals surface area contributed by atoms with E-state index in [4.69, 9.17) is 0 Å². The van der Waals surface area contributed by atoms with Crippen molar-refractivity contribution in [2.24, 2.45) is 0 Å². The number of nitrogens with zero attached hydrogens (tertiary/aromatic N) is 1. The summed E-state index contributed by atoms with van der Waals surface area (Å²) >= 11 is 1.48. The number of rotatable bonds is 4. The van der Waals surface area contributed by atoms with Crippen LogP contribution in [0.2, 0.25) is 0 Å². The van der Waals surface area contributed by atoms with Crippen molar-refractivity contribution in [2.45, 2.75) is 6.54 Å². The molecule has 0 radical (unpaired) electrons. The summed E-state index contributed by atoms with van der Waals surface area (Å²) in [5.41, 5.74) is 0.564. The van der Waals surface area contributed by atoms with Gasteiger partial charge in [0.1, 0.15) is 10.8 Å². The smallest absolute Gasteiger partial charge is 0.337 e. The summed E-state index contributed by atoms with van der Waals surface area (Å²) in [7, 11) is 1.29. The van der Waals surface area contributed by atoms with Crippen molar-refractivity contribution < 1.29 is 13.9 Å². The fraction of sp³-hybridized carbons (Fsp3) is 0.167. The van der Waals surface area contributed by atoms with Crippen molar-refractivity contribution in [1.29, 1.82) is 0 Å². The number of aromatic nitrogens is 1. The summed E-state index contributed by atoms with van der Waals surface area (Å²) in [5, 5.41) is 5.59. The molecule has 0 bridgehead atoms. The molecule has 4 nitrogen and oxygen atoms in total. The predicted molar refractivity (Wildman–Crippen MR) is 67.2 cm³/mol. The quantitative estimate of drug-likeness (QED) is 0.864. The van der Waals surface area contributed by atoms with Crippen molar-refractivity contribution in [2.75, 3.05) is 12.4 Å². The van der Waals surface area contributed by atoms with Gasteiger partial charge in [0.25, 0.3) is 0 Å². The molecule has 1 aromatic carbocycles. The highest BCUT2D eigenvalue weighted by Crippen LogP contribution is 2.18. The van der Waals surface area contributed by atoms with Crippen LogP contribution in [-0.4, -0.2) is 18.1 Å². The minimum absolute atomic E-state index is 0.258. The molecule has 2 aromatic rings. The number of halogens is 1. The van der Waals surface area contributed by atoms with Crippen LogP contribution in [0.5, 0.6) is 0 Å². The minimum Gasteiger partial charge on any atom is -0.465 e. The molecule has 0 saturated heterocycles. The third-order valence-electron chi connectivity index (χ3n) is 2.30. The maximum Gasteiger partial charge on any atom is 0.337 e. The van der Waals surface area contributed by atoms with Crippen molar-refractivity contribution in [3.8, 4) is 0 Å². The first kappa shape index (κ1) is 12.5. The number of nitrogens with one attached hydrogen (secondary N) is 1. The molecule has 18 heavy (non-hydrogen) atoms. The number of carbonyl (C=O) groups is 1. The van der Waals surface area contributed by atoms with E-state index in [0.717, 1.165) is 5.01 Å². The van der Waals surface area contributed by atoms with Gasteiger partial charge in [-0.1, -0.05) is 0 Å². The van der Waals surface area contributed by atoms with Gasteiger partial charge in [-0.15, -0.1) is 11.3 Å². The highest BCUT2D eigenvalue weighted by Gasteiger charge is 2.09. The number of carbonyl (C=O) groups excluding carboxylic acids is 1. The third kappa shape index (κ3) is 2.84. The van der Waals surface area contributed by atoms with E-state index >= 15 is 0 Å². The van der Waals surface area contributed by atoms with Crippen LogP contribution in [0.3, 0.4) is 0 Å². The number of esters is 1. The fourth-order valence-electron chi connectivity index (χ4n) is 1.42. The highest BCUT2D eigenvalue weighted by molar-refractivity contribution is 7.09. The first-order valence-corrected chi connectivity index (χ1v) is 6.09. The minimum atomic E-state index is -0.493. The van der Waals surface area contributed by atoms with Gasteiger partial charge in [-0.25, -0.2) is 14.2 Å². The molecule has 1 N–H and O–H groups in total. The number of hydrogen-bond donors (Lipinski definition) is 1. The number of hydrogen-bond acceptors (Lipinski definition) is 5. The van der Waals surface area contributed by atoms with Crippen LogP contribution in [0.15, 0.2) is 29.8 Å². The molecule has 0 unspecified atom stereocenters. The van der Waals surface area contributed by atoms with E-state index in [1.165, 1.54) is 36.6 Å². The predicted octanol–water partition coefficient (Wildman–Crippen LogP) is 2.68. The molecule has 0 saturated carbocycles. The fourth-order valence-corrected chi connectivity index (χ4v) is 1.97. The maximum absolute atomic E-state index is 13.5. The Kier molecular flexibility index (Phi) is 3.88. The molecular weight excluding hydrogens is 255 g/mol. The van der Waals surface area contributed by atoms with E-state index in [1.807, 2.05) is 5.38 Å². The highest BCUT2D eigenvalue weighted by atomic mass is 32.1. The lowest BCUT2D eigenvalue weighted by Gasteiger charge is -2.07. The largest absolute Gasteiger partial charge is 0.465 e. The van der Waals surface area contributed by atoms with Gasteiger partial charge in [0.15, 0.2) is 0 Å². The van der Waals surface area contributed by atoms with Crippen LogP contribution >= 0.6 is 11.3 Å². The van der Waals surface area contributed by atoms with Gasteiger partial charge >= 0.3 is 5.97 Å². The standard InChI is InChI=1S/C12H11FN2O2S/c1-17-12(16)8-2-3-9(13)10(6-8)15-7-11-14-4-5-18-11/h2-6,15H,7H2,1H3. The second-order valence-electron chi connectivity index (χ2n) is 3.47. The van der Waals surface area contributed by atoms with Gasteiger partial charge in [-0.3, -0.25) is 0 Å². The summed E-state index contributed by atoms with van der Waals surface area (Å²) < 4.78 is 18.1. The normalized spacial score (nSPS) is 10.1. The van der Waals surface area contributed by atoms with Crippen LogP contribution in [0.25, 0.3) is 0 Å². The average Bonchev–Trinajstić information content (AvgIpc) is 2.90. The Morgan fingerprint density at radius 2 is 2.39 bits per heavy atom. The summed E-state index contributed by atoms with van der Waals surface area (Å²) in [6.45, 7) is 0.416. The summed E-state index contributed by atoms with van der Waals surface area (Å²) in [5.74, 6) is -0.911. The zero-order valence-corrected chi connectivity index (χ0v) is 10.5. The number of benzene rings is 1. The van der Waals surface area contributed by atoms with Crippen LogP contribution < -0.4 is 5.32 Å². The summed E-state index contributed by atoms with van der Waals surface area (Å²) in [4.78, 5) is 15.4. The second kappa shape index (κ2) is 5.59. The lowest BCUT2D eigenvalue weighted by atomic mass is 10.2. The number of thiazole rings is 1. The lowest BCUT2D eigenvalue weighted by Crippen LogP contribution is -2.05. The molecule has 94 valence electrons. The first-order chi connectivity index (χ1) is 8.70. The molecule has 0 aliphatic heterocycles. The third-order valence-corrected chi connectivity index (χ3v) is 3.08. The molecule has 0 spiro atoms. The Labute approximate surface area is 107 Å². The van der Waals surface area contributed by atoms with Gasteiger partial charge in [0.05, 0.1) is 24.9 Å². The lowest BCUT2D eigenvalue weighted by molar-refractivity contribution is 0.0600. The average molecular weight is 266 g/mol. The van der Waals surface area contributed by atoms with E-state index in [1.54, 1.807) is 6.20 Å². The van der Waals surface area contributed by atoms with Crippen molar-refractivity contribution in [3.05, 3.63) is 46.2 Å². The molecule has 2 rings (SSSR count). The van der Waals surface area contributed by atoms with Gasteiger partial charge in [-0.2, -0.15) is 0 Å². The Morgan fingerprint density at radius 3 is 3.06 bits per heavy atom. The van der Waals surface area contributed by atoms with E-state index in [9.17, 15) is 9.18 Å².